The molecule has 0 spiro atoms. The number of nitrogens with zero attached hydrogens (tertiary/aromatic N) is 1. The maximum atomic E-state index is 12.2. The average Bonchev–Trinajstić information content (AvgIpc) is 2.42. The second-order valence-corrected chi connectivity index (χ2v) is 6.08. The zero-order chi connectivity index (χ0) is 15.2. The van der Waals surface area contributed by atoms with Crippen molar-refractivity contribution in [1.82, 2.24) is 4.31 Å². The Morgan fingerprint density at radius 3 is 2.30 bits per heavy atom. The summed E-state index contributed by atoms with van der Waals surface area (Å²) in [6.07, 6.45) is 0.863. The maximum Gasteiger partial charge on any atom is 0.318 e. The summed E-state index contributed by atoms with van der Waals surface area (Å²) in [5.74, 6) is -0.592. The van der Waals surface area contributed by atoms with E-state index in [2.05, 4.69) is 0 Å². The first kappa shape index (κ1) is 16.5. The molecule has 20 heavy (non-hydrogen) atoms. The van der Waals surface area contributed by atoms with E-state index in [-0.39, 0.29) is 11.4 Å². The largest absolute Gasteiger partial charge is 0.494 e. The lowest BCUT2D eigenvalue weighted by molar-refractivity contribution is -0.137. The van der Waals surface area contributed by atoms with E-state index in [0.717, 1.165) is 10.7 Å². The molecule has 0 fully saturated rings. The Hall–Kier alpha value is -1.60. The number of carbonyl (C=O) groups is 1. The fourth-order valence-corrected chi connectivity index (χ4v) is 2.99. The second kappa shape index (κ2) is 7.25. The first-order valence-corrected chi connectivity index (χ1v) is 7.80. The highest BCUT2D eigenvalue weighted by Crippen LogP contribution is 2.19. The van der Waals surface area contributed by atoms with Crippen LogP contribution in [0.25, 0.3) is 0 Å². The highest BCUT2D eigenvalue weighted by Gasteiger charge is 2.24. The molecule has 0 aromatic heterocycles. The van der Waals surface area contributed by atoms with Crippen LogP contribution in [0.4, 0.5) is 0 Å². The van der Waals surface area contributed by atoms with Gasteiger partial charge in [0.25, 0.3) is 0 Å². The van der Waals surface area contributed by atoms with Crippen molar-refractivity contribution in [3.63, 3.8) is 0 Å². The maximum absolute atomic E-state index is 12.2. The van der Waals surface area contributed by atoms with Crippen molar-refractivity contribution in [3.8, 4) is 5.75 Å². The van der Waals surface area contributed by atoms with E-state index in [0.29, 0.717) is 12.4 Å². The molecule has 0 radical (unpaired) electrons. The van der Waals surface area contributed by atoms with Gasteiger partial charge in [-0.05, 0) is 30.7 Å². The van der Waals surface area contributed by atoms with Gasteiger partial charge < -0.3 is 9.84 Å². The van der Waals surface area contributed by atoms with Gasteiger partial charge in [-0.2, -0.15) is 4.31 Å². The summed E-state index contributed by atoms with van der Waals surface area (Å²) in [7, 11) is -3.79. The van der Waals surface area contributed by atoms with Crippen molar-refractivity contribution in [2.75, 3.05) is 19.7 Å². The molecule has 0 amide bonds. The van der Waals surface area contributed by atoms with E-state index < -0.39 is 22.5 Å². The molecule has 7 heteroatoms. The third-order valence-corrected chi connectivity index (χ3v) is 4.53. The predicted molar refractivity (Wildman–Crippen MR) is 74.3 cm³/mol. The molecule has 6 nitrogen and oxygen atoms in total. The van der Waals surface area contributed by atoms with Gasteiger partial charge in [0.2, 0.25) is 10.0 Å². The lowest BCUT2D eigenvalue weighted by Gasteiger charge is -2.18. The van der Waals surface area contributed by atoms with Gasteiger partial charge in [0.15, 0.2) is 0 Å². The molecule has 0 saturated carbocycles. The minimum absolute atomic E-state index is 0.0597. The monoisotopic (exact) mass is 301 g/mol. The van der Waals surface area contributed by atoms with Gasteiger partial charge in [-0.25, -0.2) is 8.42 Å². The number of ether oxygens (including phenoxy) is 1. The molecule has 0 aliphatic rings. The first-order chi connectivity index (χ1) is 9.41. The number of carboxylic acids is 1. The quantitative estimate of drug-likeness (QED) is 0.788. The lowest BCUT2D eigenvalue weighted by atomic mass is 10.3. The van der Waals surface area contributed by atoms with Crippen molar-refractivity contribution in [2.45, 2.75) is 25.2 Å². The molecule has 1 aromatic rings. The van der Waals surface area contributed by atoms with Crippen LogP contribution >= 0.6 is 0 Å². The Kier molecular flexibility index (Phi) is 5.97. The summed E-state index contributed by atoms with van der Waals surface area (Å²) in [6.45, 7) is 3.69. The van der Waals surface area contributed by atoms with Crippen molar-refractivity contribution in [2.24, 2.45) is 0 Å². The third kappa shape index (κ3) is 4.21. The zero-order valence-electron chi connectivity index (χ0n) is 11.6. The second-order valence-electron chi connectivity index (χ2n) is 4.14. The molecule has 0 atom stereocenters. The molecule has 0 saturated heterocycles. The summed E-state index contributed by atoms with van der Waals surface area (Å²) < 4.78 is 30.8. The molecular formula is C13H19NO5S. The number of aliphatic carboxylic acids is 1. The van der Waals surface area contributed by atoms with Gasteiger partial charge in [0.05, 0.1) is 11.5 Å². The van der Waals surface area contributed by atoms with Crippen LogP contribution in [0.5, 0.6) is 5.75 Å². The van der Waals surface area contributed by atoms with Crippen molar-refractivity contribution >= 4 is 16.0 Å². The summed E-state index contributed by atoms with van der Waals surface area (Å²) in [5.41, 5.74) is 0. The molecule has 1 N–H and O–H groups in total. The fourth-order valence-electron chi connectivity index (χ4n) is 1.59. The van der Waals surface area contributed by atoms with E-state index in [1.165, 1.54) is 12.1 Å². The highest BCUT2D eigenvalue weighted by molar-refractivity contribution is 7.89. The van der Waals surface area contributed by atoms with Gasteiger partial charge in [0.1, 0.15) is 12.3 Å². The van der Waals surface area contributed by atoms with Gasteiger partial charge in [-0.3, -0.25) is 4.79 Å². The smallest absolute Gasteiger partial charge is 0.318 e. The van der Waals surface area contributed by atoms with Crippen molar-refractivity contribution in [3.05, 3.63) is 24.3 Å². The summed E-state index contributed by atoms with van der Waals surface area (Å²) >= 11 is 0. The Morgan fingerprint density at radius 1 is 1.25 bits per heavy atom. The summed E-state index contributed by atoms with van der Waals surface area (Å²) in [5, 5.41) is 8.74. The Balaban J connectivity index is 2.94. The number of sulfonamides is 1. The molecule has 1 aromatic carbocycles. The van der Waals surface area contributed by atoms with E-state index in [4.69, 9.17) is 9.84 Å². The van der Waals surface area contributed by atoms with Crippen LogP contribution < -0.4 is 4.74 Å². The van der Waals surface area contributed by atoms with Gasteiger partial charge in [-0.1, -0.05) is 13.8 Å². The van der Waals surface area contributed by atoms with E-state index >= 15 is 0 Å². The Morgan fingerprint density at radius 2 is 1.85 bits per heavy atom. The molecule has 0 aliphatic carbocycles. The zero-order valence-corrected chi connectivity index (χ0v) is 12.4. The van der Waals surface area contributed by atoms with Crippen LogP contribution in [0.1, 0.15) is 20.3 Å². The summed E-state index contributed by atoms with van der Waals surface area (Å²) in [4.78, 5) is 10.8. The number of hydrogen-bond donors (Lipinski definition) is 1. The normalized spacial score (nSPS) is 11.6. The van der Waals surface area contributed by atoms with Crippen LogP contribution in [0.3, 0.4) is 0 Å². The van der Waals surface area contributed by atoms with Crippen LogP contribution in [-0.2, 0) is 14.8 Å². The number of carboxylic acid groups (broad SMARTS) is 1. The predicted octanol–water partition coefficient (Wildman–Crippen LogP) is 1.57. The highest BCUT2D eigenvalue weighted by atomic mass is 32.2. The Labute approximate surface area is 119 Å². The molecule has 112 valence electrons. The lowest BCUT2D eigenvalue weighted by Crippen LogP contribution is -2.35. The standard InChI is InChI=1S/C13H19NO5S/c1-3-9-19-11-5-7-12(8-6-11)20(17,18)14(4-2)10-13(15)16/h5-8H,3-4,9-10H2,1-2H3,(H,15,16). The van der Waals surface area contributed by atoms with Crippen LogP contribution in [0.15, 0.2) is 29.2 Å². The van der Waals surface area contributed by atoms with Crippen LogP contribution in [0.2, 0.25) is 0 Å². The van der Waals surface area contributed by atoms with Crippen LogP contribution in [0, 0.1) is 0 Å². The average molecular weight is 301 g/mol. The van der Waals surface area contributed by atoms with Crippen molar-refractivity contribution < 1.29 is 23.1 Å². The molecule has 0 bridgehead atoms. The number of benzene rings is 1. The molecular weight excluding hydrogens is 282 g/mol. The SMILES string of the molecule is CCCOc1ccc(S(=O)(=O)N(CC)CC(=O)O)cc1. The molecule has 1 rings (SSSR count). The molecule has 0 heterocycles. The Bertz CT molecular complexity index is 538. The molecule has 0 aliphatic heterocycles. The van der Waals surface area contributed by atoms with Gasteiger partial charge in [0, 0.05) is 6.54 Å². The molecule has 0 unspecified atom stereocenters. The van der Waals surface area contributed by atoms with Crippen LogP contribution in [-0.4, -0.2) is 43.5 Å². The third-order valence-electron chi connectivity index (χ3n) is 2.60. The van der Waals surface area contributed by atoms with Gasteiger partial charge >= 0.3 is 5.97 Å². The number of rotatable bonds is 8. The number of likely N-dealkylation sites (N-methyl/N-ethyl adjacent to an activating group) is 1. The topological polar surface area (TPSA) is 83.9 Å². The minimum atomic E-state index is -3.79. The fraction of sp³-hybridized carbons (Fsp3) is 0.462. The van der Waals surface area contributed by atoms with Gasteiger partial charge in [-0.15, -0.1) is 0 Å². The van der Waals surface area contributed by atoms with Crippen molar-refractivity contribution in [1.29, 1.82) is 0 Å². The number of hydrogen-bond acceptors (Lipinski definition) is 4. The van der Waals surface area contributed by atoms with E-state index in [1.54, 1.807) is 19.1 Å². The minimum Gasteiger partial charge on any atom is -0.494 e. The van der Waals surface area contributed by atoms with E-state index in [1.807, 2.05) is 6.92 Å². The first-order valence-electron chi connectivity index (χ1n) is 6.36. The van der Waals surface area contributed by atoms with E-state index in [9.17, 15) is 13.2 Å². The summed E-state index contributed by atoms with van der Waals surface area (Å²) in [6, 6.07) is 5.98.